The molecule has 0 aliphatic heterocycles. The summed E-state index contributed by atoms with van der Waals surface area (Å²) in [5.74, 6) is 0.281. The van der Waals surface area contributed by atoms with Gasteiger partial charge in [0.2, 0.25) is 0 Å². The van der Waals surface area contributed by atoms with Crippen LogP contribution in [0, 0.1) is 5.92 Å². The molecule has 0 radical (unpaired) electrons. The van der Waals surface area contributed by atoms with Crippen LogP contribution in [0.15, 0.2) is 0 Å². The lowest BCUT2D eigenvalue weighted by Gasteiger charge is -2.25. The lowest BCUT2D eigenvalue weighted by molar-refractivity contribution is -0.138. The standard InChI is InChI=1S/C11H12ClF3N2/c1-2-6-3-4-8-7(5-6)9(11(13,14)15)10(12)17-16-8/h6H,2-5H2,1H3. The van der Waals surface area contributed by atoms with Gasteiger partial charge in [-0.05, 0) is 30.7 Å². The van der Waals surface area contributed by atoms with E-state index in [1.165, 1.54) is 0 Å². The van der Waals surface area contributed by atoms with Gasteiger partial charge in [-0.15, -0.1) is 5.10 Å². The number of aryl methyl sites for hydroxylation is 1. The lowest BCUT2D eigenvalue weighted by Crippen LogP contribution is -2.22. The number of halogens is 4. The summed E-state index contributed by atoms with van der Waals surface area (Å²) in [5.41, 5.74) is -0.0932. The first-order valence-corrected chi connectivity index (χ1v) is 5.92. The van der Waals surface area contributed by atoms with Gasteiger partial charge in [0.1, 0.15) is 0 Å². The molecule has 17 heavy (non-hydrogen) atoms. The third kappa shape index (κ3) is 2.39. The highest BCUT2D eigenvalue weighted by Crippen LogP contribution is 2.40. The third-order valence-corrected chi connectivity index (χ3v) is 3.52. The van der Waals surface area contributed by atoms with Gasteiger partial charge in [-0.2, -0.15) is 18.3 Å². The molecule has 0 aromatic carbocycles. The third-order valence-electron chi connectivity index (χ3n) is 3.26. The zero-order valence-electron chi connectivity index (χ0n) is 9.31. The number of hydrogen-bond donors (Lipinski definition) is 0. The van der Waals surface area contributed by atoms with Crippen molar-refractivity contribution in [2.75, 3.05) is 0 Å². The van der Waals surface area contributed by atoms with Crippen LogP contribution in [-0.4, -0.2) is 10.2 Å². The molecule has 2 rings (SSSR count). The minimum atomic E-state index is -4.45. The SMILES string of the molecule is CCC1CCc2nnc(Cl)c(C(F)(F)F)c2C1. The number of alkyl halides is 3. The van der Waals surface area contributed by atoms with Crippen molar-refractivity contribution < 1.29 is 13.2 Å². The second kappa shape index (κ2) is 4.44. The van der Waals surface area contributed by atoms with Crippen LogP contribution in [0.4, 0.5) is 13.2 Å². The zero-order valence-corrected chi connectivity index (χ0v) is 10.1. The van der Waals surface area contributed by atoms with E-state index in [1.807, 2.05) is 6.92 Å². The van der Waals surface area contributed by atoms with Gasteiger partial charge in [0.25, 0.3) is 0 Å². The van der Waals surface area contributed by atoms with Gasteiger partial charge in [-0.1, -0.05) is 24.9 Å². The number of rotatable bonds is 1. The minimum absolute atomic E-state index is 0.246. The molecule has 0 N–H and O–H groups in total. The molecule has 0 saturated heterocycles. The first kappa shape index (κ1) is 12.6. The number of aromatic nitrogens is 2. The fourth-order valence-corrected chi connectivity index (χ4v) is 2.53. The molecule has 0 spiro atoms. The molecule has 2 nitrogen and oxygen atoms in total. The zero-order chi connectivity index (χ0) is 12.6. The molecule has 94 valence electrons. The average Bonchev–Trinajstić information content (AvgIpc) is 2.26. The summed E-state index contributed by atoms with van der Waals surface area (Å²) in [4.78, 5) is 0. The van der Waals surface area contributed by atoms with Crippen LogP contribution in [-0.2, 0) is 19.0 Å². The number of nitrogens with zero attached hydrogens (tertiary/aromatic N) is 2. The van der Waals surface area contributed by atoms with Gasteiger partial charge in [-0.25, -0.2) is 0 Å². The van der Waals surface area contributed by atoms with Gasteiger partial charge in [0, 0.05) is 0 Å². The molecule has 1 heterocycles. The molecule has 1 aliphatic carbocycles. The molecule has 0 saturated carbocycles. The van der Waals surface area contributed by atoms with Gasteiger partial charge in [0.05, 0.1) is 11.3 Å². The predicted octanol–water partition coefficient (Wildman–Crippen LogP) is 3.66. The maximum Gasteiger partial charge on any atom is 0.419 e. The molecular weight excluding hydrogens is 253 g/mol. The topological polar surface area (TPSA) is 25.8 Å². The van der Waals surface area contributed by atoms with Gasteiger partial charge >= 0.3 is 6.18 Å². The van der Waals surface area contributed by atoms with Crippen LogP contribution in [0.1, 0.15) is 36.6 Å². The predicted molar refractivity (Wildman–Crippen MR) is 57.9 cm³/mol. The van der Waals surface area contributed by atoms with Crippen LogP contribution in [0.2, 0.25) is 5.15 Å². The van der Waals surface area contributed by atoms with E-state index >= 15 is 0 Å². The normalized spacial score (nSPS) is 20.2. The first-order valence-electron chi connectivity index (χ1n) is 5.54. The molecule has 6 heteroatoms. The smallest absolute Gasteiger partial charge is 0.166 e. The second-order valence-corrected chi connectivity index (χ2v) is 4.66. The van der Waals surface area contributed by atoms with Crippen LogP contribution in [0.5, 0.6) is 0 Å². The Balaban J connectivity index is 2.52. The van der Waals surface area contributed by atoms with Gasteiger partial charge in [-0.3, -0.25) is 0 Å². The van der Waals surface area contributed by atoms with Crippen LogP contribution < -0.4 is 0 Å². The Labute approximate surface area is 102 Å². The maximum atomic E-state index is 12.9. The lowest BCUT2D eigenvalue weighted by atomic mass is 9.83. The molecule has 1 aromatic heterocycles. The van der Waals surface area contributed by atoms with Crippen LogP contribution >= 0.6 is 11.6 Å². The van der Waals surface area contributed by atoms with Crippen molar-refractivity contribution in [2.24, 2.45) is 5.92 Å². The highest BCUT2D eigenvalue weighted by Gasteiger charge is 2.39. The number of hydrogen-bond acceptors (Lipinski definition) is 2. The summed E-state index contributed by atoms with van der Waals surface area (Å²) in [6.45, 7) is 1.99. The Bertz CT molecular complexity index is 431. The largest absolute Gasteiger partial charge is 0.419 e. The fourth-order valence-electron chi connectivity index (χ4n) is 2.27. The average molecular weight is 265 g/mol. The Morgan fingerprint density at radius 3 is 2.65 bits per heavy atom. The molecule has 1 aliphatic rings. The fraction of sp³-hybridized carbons (Fsp3) is 0.636. The van der Waals surface area contributed by atoms with Crippen molar-refractivity contribution in [3.63, 3.8) is 0 Å². The van der Waals surface area contributed by atoms with Crippen molar-refractivity contribution in [2.45, 2.75) is 38.8 Å². The summed E-state index contributed by atoms with van der Waals surface area (Å²) in [6, 6.07) is 0. The van der Waals surface area contributed by atoms with Crippen molar-refractivity contribution in [1.82, 2.24) is 10.2 Å². The van der Waals surface area contributed by atoms with Gasteiger partial charge < -0.3 is 0 Å². The molecule has 0 fully saturated rings. The van der Waals surface area contributed by atoms with E-state index in [-0.39, 0.29) is 11.5 Å². The molecule has 0 bridgehead atoms. The highest BCUT2D eigenvalue weighted by atomic mass is 35.5. The molecule has 1 atom stereocenters. The Morgan fingerprint density at radius 1 is 1.35 bits per heavy atom. The Hall–Kier alpha value is -0.840. The van der Waals surface area contributed by atoms with E-state index in [4.69, 9.17) is 11.6 Å². The maximum absolute atomic E-state index is 12.9. The van der Waals surface area contributed by atoms with E-state index < -0.39 is 16.9 Å². The molecule has 0 amide bonds. The first-order chi connectivity index (χ1) is 7.93. The summed E-state index contributed by atoms with van der Waals surface area (Å²) < 4.78 is 38.7. The quantitative estimate of drug-likeness (QED) is 0.773. The van der Waals surface area contributed by atoms with Crippen molar-refractivity contribution in [3.05, 3.63) is 22.0 Å². The van der Waals surface area contributed by atoms with E-state index in [0.717, 1.165) is 12.8 Å². The Kier molecular flexibility index (Phi) is 3.30. The van der Waals surface area contributed by atoms with E-state index in [9.17, 15) is 13.2 Å². The van der Waals surface area contributed by atoms with E-state index in [0.29, 0.717) is 18.5 Å². The minimum Gasteiger partial charge on any atom is -0.166 e. The van der Waals surface area contributed by atoms with E-state index in [1.54, 1.807) is 0 Å². The van der Waals surface area contributed by atoms with Gasteiger partial charge in [0.15, 0.2) is 5.15 Å². The second-order valence-electron chi connectivity index (χ2n) is 4.31. The molecule has 1 unspecified atom stereocenters. The summed E-state index contributed by atoms with van der Waals surface area (Å²) in [5, 5.41) is 6.65. The molecule has 1 aromatic rings. The van der Waals surface area contributed by atoms with Crippen molar-refractivity contribution in [3.8, 4) is 0 Å². The summed E-state index contributed by atoms with van der Waals surface area (Å²) in [6.07, 6.45) is -1.75. The van der Waals surface area contributed by atoms with Crippen LogP contribution in [0.25, 0.3) is 0 Å². The number of fused-ring (bicyclic) bond motifs is 1. The Morgan fingerprint density at radius 2 is 2.06 bits per heavy atom. The summed E-state index contributed by atoms with van der Waals surface area (Å²) in [7, 11) is 0. The van der Waals surface area contributed by atoms with E-state index in [2.05, 4.69) is 10.2 Å². The van der Waals surface area contributed by atoms with Crippen LogP contribution in [0.3, 0.4) is 0 Å². The van der Waals surface area contributed by atoms with Crippen molar-refractivity contribution in [1.29, 1.82) is 0 Å². The monoisotopic (exact) mass is 264 g/mol. The highest BCUT2D eigenvalue weighted by molar-refractivity contribution is 6.30. The molecular formula is C11H12ClF3N2. The van der Waals surface area contributed by atoms with Crippen molar-refractivity contribution >= 4 is 11.6 Å². The summed E-state index contributed by atoms with van der Waals surface area (Å²) >= 11 is 5.54.